The summed E-state index contributed by atoms with van der Waals surface area (Å²) in [5.41, 5.74) is 2.44. The SMILES string of the molecule is Oc1c(C(Nc2nccs2)c2ccccc2)ccc2cccnc12. The molecule has 0 aliphatic heterocycles. The molecule has 0 bridgehead atoms. The van der Waals surface area contributed by atoms with Crippen molar-refractivity contribution in [2.24, 2.45) is 0 Å². The van der Waals surface area contributed by atoms with Gasteiger partial charge in [0.25, 0.3) is 0 Å². The van der Waals surface area contributed by atoms with Gasteiger partial charge in [0, 0.05) is 28.7 Å². The third kappa shape index (κ3) is 2.70. The second kappa shape index (κ2) is 6.29. The van der Waals surface area contributed by atoms with Crippen molar-refractivity contribution >= 4 is 27.4 Å². The van der Waals surface area contributed by atoms with Crippen LogP contribution in [0.4, 0.5) is 5.13 Å². The van der Waals surface area contributed by atoms with Gasteiger partial charge in [0.1, 0.15) is 11.3 Å². The van der Waals surface area contributed by atoms with Gasteiger partial charge in [0.15, 0.2) is 5.13 Å². The van der Waals surface area contributed by atoms with Gasteiger partial charge in [0.05, 0.1) is 6.04 Å². The van der Waals surface area contributed by atoms with Gasteiger partial charge in [0.2, 0.25) is 0 Å². The molecule has 2 aromatic carbocycles. The number of rotatable bonds is 4. The molecule has 5 heteroatoms. The van der Waals surface area contributed by atoms with Gasteiger partial charge in [-0.1, -0.05) is 48.5 Å². The largest absolute Gasteiger partial charge is 0.505 e. The summed E-state index contributed by atoms with van der Waals surface area (Å²) in [6.45, 7) is 0. The lowest BCUT2D eigenvalue weighted by Crippen LogP contribution is -2.12. The van der Waals surface area contributed by atoms with Crippen LogP contribution in [-0.4, -0.2) is 15.1 Å². The second-order valence-corrected chi connectivity index (χ2v) is 6.30. The maximum atomic E-state index is 10.8. The maximum Gasteiger partial charge on any atom is 0.183 e. The Morgan fingerprint density at radius 1 is 0.917 bits per heavy atom. The maximum absolute atomic E-state index is 10.8. The highest BCUT2D eigenvalue weighted by atomic mass is 32.1. The van der Waals surface area contributed by atoms with E-state index in [4.69, 9.17) is 0 Å². The van der Waals surface area contributed by atoms with E-state index in [1.165, 1.54) is 11.3 Å². The minimum Gasteiger partial charge on any atom is -0.505 e. The zero-order valence-electron chi connectivity index (χ0n) is 12.8. The monoisotopic (exact) mass is 333 g/mol. The number of pyridine rings is 1. The molecular formula is C19H15N3OS. The van der Waals surface area contributed by atoms with Crippen LogP contribution in [0.3, 0.4) is 0 Å². The number of hydrogen-bond donors (Lipinski definition) is 2. The lowest BCUT2D eigenvalue weighted by atomic mass is 9.96. The molecule has 118 valence electrons. The van der Waals surface area contributed by atoms with Crippen molar-refractivity contribution in [3.8, 4) is 5.75 Å². The summed E-state index contributed by atoms with van der Waals surface area (Å²) in [6.07, 6.45) is 3.45. The van der Waals surface area contributed by atoms with Crippen LogP contribution in [0.25, 0.3) is 10.9 Å². The number of thiazole rings is 1. The topological polar surface area (TPSA) is 58.0 Å². The van der Waals surface area contributed by atoms with Crippen LogP contribution >= 0.6 is 11.3 Å². The molecule has 4 aromatic rings. The summed E-state index contributed by atoms with van der Waals surface area (Å²) in [6, 6.07) is 17.6. The van der Waals surface area contributed by atoms with Crippen LogP contribution < -0.4 is 5.32 Å². The molecule has 0 aliphatic carbocycles. The molecule has 1 unspecified atom stereocenters. The van der Waals surface area contributed by atoms with E-state index >= 15 is 0 Å². The predicted octanol–water partition coefficient (Wildman–Crippen LogP) is 4.60. The Bertz CT molecular complexity index is 955. The summed E-state index contributed by atoms with van der Waals surface area (Å²) in [4.78, 5) is 8.63. The van der Waals surface area contributed by atoms with E-state index in [0.717, 1.165) is 21.6 Å². The van der Waals surface area contributed by atoms with Crippen LogP contribution in [0.15, 0.2) is 72.4 Å². The number of phenolic OH excluding ortho intramolecular Hbond substituents is 1. The van der Waals surface area contributed by atoms with Crippen molar-refractivity contribution in [1.82, 2.24) is 9.97 Å². The molecule has 2 N–H and O–H groups in total. The van der Waals surface area contributed by atoms with Crippen molar-refractivity contribution in [2.45, 2.75) is 6.04 Å². The van der Waals surface area contributed by atoms with Crippen LogP contribution in [0.5, 0.6) is 5.75 Å². The van der Waals surface area contributed by atoms with Crippen molar-refractivity contribution in [2.75, 3.05) is 5.32 Å². The second-order valence-electron chi connectivity index (χ2n) is 5.40. The summed E-state index contributed by atoms with van der Waals surface area (Å²) in [5, 5.41) is 17.9. The molecule has 2 aromatic heterocycles. The predicted molar refractivity (Wildman–Crippen MR) is 97.4 cm³/mol. The third-order valence-corrected chi connectivity index (χ3v) is 4.63. The first-order valence-corrected chi connectivity index (χ1v) is 8.48. The number of fused-ring (bicyclic) bond motifs is 1. The number of aromatic nitrogens is 2. The van der Waals surface area contributed by atoms with Crippen molar-refractivity contribution in [3.05, 3.63) is 83.5 Å². The minimum atomic E-state index is -0.205. The van der Waals surface area contributed by atoms with E-state index in [1.54, 1.807) is 12.4 Å². The number of benzene rings is 2. The summed E-state index contributed by atoms with van der Waals surface area (Å²) >= 11 is 1.53. The van der Waals surface area contributed by atoms with Gasteiger partial charge in [-0.15, -0.1) is 11.3 Å². The van der Waals surface area contributed by atoms with Gasteiger partial charge in [-0.05, 0) is 11.6 Å². The molecule has 0 saturated heterocycles. The highest BCUT2D eigenvalue weighted by molar-refractivity contribution is 7.13. The Kier molecular flexibility index (Phi) is 3.84. The fourth-order valence-electron chi connectivity index (χ4n) is 2.78. The van der Waals surface area contributed by atoms with Crippen molar-refractivity contribution in [3.63, 3.8) is 0 Å². The van der Waals surface area contributed by atoms with Gasteiger partial charge in [-0.25, -0.2) is 4.98 Å². The highest BCUT2D eigenvalue weighted by Crippen LogP contribution is 2.36. The Morgan fingerprint density at radius 3 is 2.58 bits per heavy atom. The number of nitrogens with one attached hydrogen (secondary N) is 1. The van der Waals surface area contributed by atoms with Gasteiger partial charge in [-0.3, -0.25) is 4.98 Å². The molecule has 0 saturated carbocycles. The average Bonchev–Trinajstić information content (AvgIpc) is 3.15. The average molecular weight is 333 g/mol. The molecule has 4 nitrogen and oxygen atoms in total. The number of aromatic hydroxyl groups is 1. The van der Waals surface area contributed by atoms with Crippen molar-refractivity contribution in [1.29, 1.82) is 0 Å². The molecule has 0 spiro atoms. The molecule has 0 amide bonds. The van der Waals surface area contributed by atoms with Gasteiger partial charge in [-0.2, -0.15) is 0 Å². The Hall–Kier alpha value is -2.92. The molecule has 0 fully saturated rings. The fraction of sp³-hybridized carbons (Fsp3) is 0.0526. The number of phenols is 1. The highest BCUT2D eigenvalue weighted by Gasteiger charge is 2.20. The lowest BCUT2D eigenvalue weighted by Gasteiger charge is -2.21. The molecule has 4 rings (SSSR count). The first-order valence-electron chi connectivity index (χ1n) is 7.60. The number of hydrogen-bond acceptors (Lipinski definition) is 5. The fourth-order valence-corrected chi connectivity index (χ4v) is 3.34. The summed E-state index contributed by atoms with van der Waals surface area (Å²) in [5.74, 6) is 0.200. The van der Waals surface area contributed by atoms with Crippen LogP contribution in [0.1, 0.15) is 17.2 Å². The first kappa shape index (κ1) is 14.7. The molecule has 0 radical (unpaired) electrons. The zero-order chi connectivity index (χ0) is 16.4. The zero-order valence-corrected chi connectivity index (χ0v) is 13.6. The van der Waals surface area contributed by atoms with Crippen LogP contribution in [0.2, 0.25) is 0 Å². The normalized spacial score (nSPS) is 12.2. The summed E-state index contributed by atoms with van der Waals surface area (Å²) in [7, 11) is 0. The van der Waals surface area contributed by atoms with Crippen LogP contribution in [-0.2, 0) is 0 Å². The molecule has 1 atom stereocenters. The van der Waals surface area contributed by atoms with Gasteiger partial charge >= 0.3 is 0 Å². The Labute approximate surface area is 143 Å². The van der Waals surface area contributed by atoms with E-state index in [-0.39, 0.29) is 11.8 Å². The summed E-state index contributed by atoms with van der Waals surface area (Å²) < 4.78 is 0. The Morgan fingerprint density at radius 2 is 1.79 bits per heavy atom. The standard InChI is InChI=1S/C19H15N3OS/c23-18-15(9-8-14-7-4-10-20-17(14)18)16(13-5-2-1-3-6-13)22-19-21-11-12-24-19/h1-12,16,23H,(H,21,22). The molecule has 0 aliphatic rings. The van der Waals surface area contributed by atoms with E-state index in [2.05, 4.69) is 15.3 Å². The smallest absolute Gasteiger partial charge is 0.183 e. The molecule has 2 heterocycles. The van der Waals surface area contributed by atoms with Crippen LogP contribution in [0, 0.1) is 0 Å². The molecular weight excluding hydrogens is 318 g/mol. The van der Waals surface area contributed by atoms with E-state index < -0.39 is 0 Å². The Balaban J connectivity index is 1.85. The van der Waals surface area contributed by atoms with E-state index in [0.29, 0.717) is 5.52 Å². The van der Waals surface area contributed by atoms with Crippen molar-refractivity contribution < 1.29 is 5.11 Å². The minimum absolute atomic E-state index is 0.200. The first-order chi connectivity index (χ1) is 11.8. The third-order valence-electron chi connectivity index (χ3n) is 3.92. The quantitative estimate of drug-likeness (QED) is 0.573. The van der Waals surface area contributed by atoms with E-state index in [1.807, 2.05) is 60.0 Å². The van der Waals surface area contributed by atoms with E-state index in [9.17, 15) is 5.11 Å². The lowest BCUT2D eigenvalue weighted by molar-refractivity contribution is 0.472. The molecule has 24 heavy (non-hydrogen) atoms. The number of anilines is 1. The number of nitrogens with zero attached hydrogens (tertiary/aromatic N) is 2. The van der Waals surface area contributed by atoms with Gasteiger partial charge < -0.3 is 10.4 Å².